The number of carbonyl (C=O) groups is 3. The van der Waals surface area contributed by atoms with Gasteiger partial charge >= 0.3 is 11.8 Å². The van der Waals surface area contributed by atoms with Crippen molar-refractivity contribution in [2.24, 2.45) is 11.7 Å². The third-order valence-corrected chi connectivity index (χ3v) is 5.22. The summed E-state index contributed by atoms with van der Waals surface area (Å²) in [5.41, 5.74) is 5.89. The largest absolute Gasteiger partial charge is 0.366 e. The third kappa shape index (κ3) is 3.85. The molecular weight excluding hydrogens is 358 g/mol. The van der Waals surface area contributed by atoms with E-state index < -0.39 is 23.3 Å². The number of nitrogens with one attached hydrogen (secondary N) is 1. The van der Waals surface area contributed by atoms with Gasteiger partial charge in [0.1, 0.15) is 0 Å². The molecule has 3 amide bonds. The van der Waals surface area contributed by atoms with Crippen molar-refractivity contribution >= 4 is 23.4 Å². The molecule has 0 saturated carbocycles. The Bertz CT molecular complexity index is 902. The van der Waals surface area contributed by atoms with Gasteiger partial charge in [0.2, 0.25) is 5.91 Å². The molecule has 1 fully saturated rings. The van der Waals surface area contributed by atoms with Gasteiger partial charge in [-0.05, 0) is 43.4 Å². The fourth-order valence-corrected chi connectivity index (χ4v) is 3.51. The Kier molecular flexibility index (Phi) is 5.39. The number of pyridine rings is 2. The number of rotatable bonds is 3. The first kappa shape index (κ1) is 19.5. The summed E-state index contributed by atoms with van der Waals surface area (Å²) < 4.78 is 0. The number of piperidine rings is 1. The van der Waals surface area contributed by atoms with E-state index in [-0.39, 0.29) is 17.2 Å². The summed E-state index contributed by atoms with van der Waals surface area (Å²) in [4.78, 5) is 46.6. The molecule has 1 aliphatic rings. The summed E-state index contributed by atoms with van der Waals surface area (Å²) in [5, 5.41) is 2.52. The number of hydrogen-bond acceptors (Lipinski definition) is 5. The lowest BCUT2D eigenvalue weighted by molar-refractivity contribution is -0.150. The van der Waals surface area contributed by atoms with Crippen LogP contribution in [0.3, 0.4) is 0 Å². The summed E-state index contributed by atoms with van der Waals surface area (Å²) >= 11 is 0. The van der Waals surface area contributed by atoms with E-state index in [4.69, 9.17) is 5.73 Å². The van der Waals surface area contributed by atoms with Crippen LogP contribution in [0.1, 0.15) is 42.6 Å². The Morgan fingerprint density at radius 2 is 2.04 bits per heavy atom. The van der Waals surface area contributed by atoms with Crippen molar-refractivity contribution in [1.29, 1.82) is 0 Å². The molecule has 2 aromatic heterocycles. The van der Waals surface area contributed by atoms with Crippen LogP contribution >= 0.6 is 0 Å². The maximum Gasteiger partial charge on any atom is 0.313 e. The molecule has 0 aliphatic carbocycles. The molecule has 2 atom stereocenters. The van der Waals surface area contributed by atoms with Crippen molar-refractivity contribution in [1.82, 2.24) is 14.9 Å². The Labute approximate surface area is 163 Å². The zero-order valence-corrected chi connectivity index (χ0v) is 15.9. The minimum Gasteiger partial charge on any atom is -0.366 e. The van der Waals surface area contributed by atoms with Crippen molar-refractivity contribution in [2.45, 2.75) is 32.2 Å². The van der Waals surface area contributed by atoms with Gasteiger partial charge in [-0.15, -0.1) is 0 Å². The molecule has 2 aromatic rings. The molecule has 8 nitrogen and oxygen atoms in total. The van der Waals surface area contributed by atoms with E-state index in [0.717, 1.165) is 18.4 Å². The molecule has 3 N–H and O–H groups in total. The van der Waals surface area contributed by atoms with Gasteiger partial charge in [-0.2, -0.15) is 0 Å². The molecule has 0 radical (unpaired) electrons. The molecule has 0 bridgehead atoms. The highest BCUT2D eigenvalue weighted by Gasteiger charge is 2.43. The molecule has 1 aliphatic heterocycles. The lowest BCUT2D eigenvalue weighted by Crippen LogP contribution is -2.55. The van der Waals surface area contributed by atoms with E-state index in [0.29, 0.717) is 6.54 Å². The predicted molar refractivity (Wildman–Crippen MR) is 103 cm³/mol. The van der Waals surface area contributed by atoms with Crippen molar-refractivity contribution in [3.63, 3.8) is 0 Å². The smallest absolute Gasteiger partial charge is 0.313 e. The Hall–Kier alpha value is -3.29. The van der Waals surface area contributed by atoms with E-state index in [1.807, 2.05) is 19.1 Å². The van der Waals surface area contributed by atoms with Crippen molar-refractivity contribution in [3.05, 3.63) is 54.1 Å². The molecular formula is C20H23N5O3. The molecule has 0 aromatic carbocycles. The van der Waals surface area contributed by atoms with Gasteiger partial charge < -0.3 is 16.0 Å². The first-order valence-corrected chi connectivity index (χ1v) is 9.09. The normalized spacial score (nSPS) is 21.8. The molecule has 8 heteroatoms. The maximum absolute atomic E-state index is 13.0. The van der Waals surface area contributed by atoms with Crippen LogP contribution in [0.4, 0.5) is 5.69 Å². The lowest BCUT2D eigenvalue weighted by atomic mass is 9.79. The molecule has 3 rings (SSSR count). The Morgan fingerprint density at radius 3 is 2.71 bits per heavy atom. The number of nitrogens with zero attached hydrogens (tertiary/aromatic N) is 3. The zero-order chi connectivity index (χ0) is 20.3. The number of amides is 3. The number of aromatic nitrogens is 2. The summed E-state index contributed by atoms with van der Waals surface area (Å²) in [7, 11) is 0. The van der Waals surface area contributed by atoms with Crippen LogP contribution in [0.25, 0.3) is 0 Å². The minimum atomic E-state index is -0.785. The van der Waals surface area contributed by atoms with Gasteiger partial charge in [0.15, 0.2) is 0 Å². The van der Waals surface area contributed by atoms with E-state index in [1.54, 1.807) is 17.3 Å². The van der Waals surface area contributed by atoms with Crippen LogP contribution in [0, 0.1) is 5.92 Å². The van der Waals surface area contributed by atoms with Crippen LogP contribution in [0.5, 0.6) is 0 Å². The van der Waals surface area contributed by atoms with Crippen LogP contribution in [0.2, 0.25) is 0 Å². The summed E-state index contributed by atoms with van der Waals surface area (Å²) in [5.74, 6) is -1.81. The highest BCUT2D eigenvalue weighted by atomic mass is 16.2. The van der Waals surface area contributed by atoms with Gasteiger partial charge in [0.05, 0.1) is 23.0 Å². The third-order valence-electron chi connectivity index (χ3n) is 5.22. The first-order chi connectivity index (χ1) is 13.3. The monoisotopic (exact) mass is 381 g/mol. The van der Waals surface area contributed by atoms with E-state index in [1.165, 1.54) is 18.5 Å². The van der Waals surface area contributed by atoms with Crippen LogP contribution in [0.15, 0.2) is 43.0 Å². The predicted octanol–water partition coefficient (Wildman–Crippen LogP) is 1.69. The average molecular weight is 381 g/mol. The number of anilines is 1. The van der Waals surface area contributed by atoms with Crippen molar-refractivity contribution in [3.8, 4) is 0 Å². The minimum absolute atomic E-state index is 0.150. The van der Waals surface area contributed by atoms with Gasteiger partial charge in [-0.3, -0.25) is 24.4 Å². The lowest BCUT2D eigenvalue weighted by Gasteiger charge is -2.46. The second-order valence-electron chi connectivity index (χ2n) is 7.36. The number of nitrogens with two attached hydrogens (primary N) is 1. The van der Waals surface area contributed by atoms with Gasteiger partial charge in [-0.1, -0.05) is 13.0 Å². The van der Waals surface area contributed by atoms with E-state index in [2.05, 4.69) is 22.2 Å². The second-order valence-corrected chi connectivity index (χ2v) is 7.36. The SMILES string of the molecule is C[C@H]1CC[C@@](C)(c2cccnc2)N(C(=O)C(=O)Nc2cncc(C(N)=O)c2)C1. The Balaban J connectivity index is 1.84. The highest BCUT2D eigenvalue weighted by molar-refractivity contribution is 6.39. The molecule has 0 unspecified atom stereocenters. The Morgan fingerprint density at radius 1 is 1.25 bits per heavy atom. The van der Waals surface area contributed by atoms with Gasteiger partial charge in [0.25, 0.3) is 0 Å². The fraction of sp³-hybridized carbons (Fsp3) is 0.350. The number of carbonyl (C=O) groups excluding carboxylic acids is 3. The van der Waals surface area contributed by atoms with E-state index in [9.17, 15) is 14.4 Å². The second kappa shape index (κ2) is 7.75. The summed E-state index contributed by atoms with van der Waals surface area (Å²) in [6, 6.07) is 5.13. The van der Waals surface area contributed by atoms with Crippen molar-refractivity contribution < 1.29 is 14.4 Å². The average Bonchev–Trinajstić information content (AvgIpc) is 2.70. The summed E-state index contributed by atoms with van der Waals surface area (Å²) in [6.07, 6.45) is 7.74. The van der Waals surface area contributed by atoms with Gasteiger partial charge in [-0.25, -0.2) is 0 Å². The van der Waals surface area contributed by atoms with Crippen LogP contribution < -0.4 is 11.1 Å². The number of hydrogen-bond donors (Lipinski definition) is 2. The topological polar surface area (TPSA) is 118 Å². The van der Waals surface area contributed by atoms with Crippen LogP contribution in [-0.4, -0.2) is 39.1 Å². The molecule has 146 valence electrons. The molecule has 1 saturated heterocycles. The van der Waals surface area contributed by atoms with Gasteiger partial charge in [0, 0.05) is 25.1 Å². The maximum atomic E-state index is 13.0. The molecule has 28 heavy (non-hydrogen) atoms. The number of primary amides is 1. The zero-order valence-electron chi connectivity index (χ0n) is 15.9. The van der Waals surface area contributed by atoms with E-state index >= 15 is 0 Å². The summed E-state index contributed by atoms with van der Waals surface area (Å²) in [6.45, 7) is 4.48. The quantitative estimate of drug-likeness (QED) is 0.784. The standard InChI is InChI=1S/C20H23N5O3/c1-13-5-6-20(2,15-4-3-7-22-10-15)25(12-13)19(28)18(27)24-16-8-14(17(21)26)9-23-11-16/h3-4,7-11,13H,5-6,12H2,1-2H3,(H2,21,26)(H,24,27)/t13-,20-/m0/s1. The van der Waals surface area contributed by atoms with Crippen LogP contribution in [-0.2, 0) is 15.1 Å². The highest BCUT2D eigenvalue weighted by Crippen LogP contribution is 2.38. The molecule has 0 spiro atoms. The number of likely N-dealkylation sites (tertiary alicyclic amines) is 1. The molecule has 3 heterocycles. The van der Waals surface area contributed by atoms with Crippen molar-refractivity contribution in [2.75, 3.05) is 11.9 Å². The first-order valence-electron chi connectivity index (χ1n) is 9.09. The fourth-order valence-electron chi connectivity index (χ4n) is 3.51.